The average Bonchev–Trinajstić information content (AvgIpc) is 2.55. The van der Waals surface area contributed by atoms with Gasteiger partial charge in [0.2, 0.25) is 0 Å². The number of carbonyl (C=O) groups excluding carboxylic acids is 1. The van der Waals surface area contributed by atoms with Crippen molar-refractivity contribution in [3.63, 3.8) is 0 Å². The number of aryl methyl sites for hydroxylation is 1. The van der Waals surface area contributed by atoms with Crippen LogP contribution in [0, 0.1) is 0 Å². The zero-order chi connectivity index (χ0) is 15.5. The molecule has 0 spiro atoms. The molecule has 4 nitrogen and oxygen atoms in total. The maximum atomic E-state index is 12.3. The number of anilines is 2. The fourth-order valence-electron chi connectivity index (χ4n) is 2.55. The fourth-order valence-corrected chi connectivity index (χ4v) is 2.55. The van der Waals surface area contributed by atoms with Gasteiger partial charge < -0.3 is 15.0 Å². The molecule has 3 rings (SSSR count). The number of nitrogens with zero attached hydrogens (tertiary/aromatic N) is 1. The minimum Gasteiger partial charge on any atom is -0.493 e. The number of fused-ring (bicyclic) bond motifs is 1. The molecule has 1 N–H and O–H groups in total. The van der Waals surface area contributed by atoms with Gasteiger partial charge in [-0.2, -0.15) is 0 Å². The van der Waals surface area contributed by atoms with Crippen LogP contribution in [0.3, 0.4) is 0 Å². The summed E-state index contributed by atoms with van der Waals surface area (Å²) in [5, 5.41) is 2.95. The van der Waals surface area contributed by atoms with Gasteiger partial charge in [-0.1, -0.05) is 0 Å². The number of nitrogens with one attached hydrogen (secondary N) is 1. The average molecular weight is 296 g/mol. The molecule has 0 saturated carbocycles. The Morgan fingerprint density at radius 1 is 1.14 bits per heavy atom. The van der Waals surface area contributed by atoms with E-state index < -0.39 is 0 Å². The zero-order valence-electron chi connectivity index (χ0n) is 12.9. The lowest BCUT2D eigenvalue weighted by Gasteiger charge is -2.18. The largest absolute Gasteiger partial charge is 0.493 e. The number of rotatable bonds is 3. The molecule has 0 fully saturated rings. The van der Waals surface area contributed by atoms with E-state index in [1.807, 2.05) is 61.5 Å². The van der Waals surface area contributed by atoms with Gasteiger partial charge in [0.15, 0.2) is 0 Å². The lowest BCUT2D eigenvalue weighted by atomic mass is 10.1. The molecule has 1 amide bonds. The first kappa shape index (κ1) is 14.4. The first-order valence-electron chi connectivity index (χ1n) is 7.48. The van der Waals surface area contributed by atoms with E-state index in [0.717, 1.165) is 42.1 Å². The Hall–Kier alpha value is -2.49. The van der Waals surface area contributed by atoms with Crippen LogP contribution in [0.25, 0.3) is 0 Å². The van der Waals surface area contributed by atoms with Crippen LogP contribution >= 0.6 is 0 Å². The van der Waals surface area contributed by atoms with E-state index in [2.05, 4.69) is 5.32 Å². The molecule has 0 atom stereocenters. The van der Waals surface area contributed by atoms with E-state index in [9.17, 15) is 4.79 Å². The molecular weight excluding hydrogens is 276 g/mol. The fraction of sp³-hybridized carbons (Fsp3) is 0.278. The molecule has 114 valence electrons. The van der Waals surface area contributed by atoms with E-state index in [-0.39, 0.29) is 5.91 Å². The van der Waals surface area contributed by atoms with Crippen LogP contribution in [0.15, 0.2) is 42.5 Å². The number of ether oxygens (including phenoxy) is 1. The van der Waals surface area contributed by atoms with Crippen molar-refractivity contribution in [1.82, 2.24) is 0 Å². The smallest absolute Gasteiger partial charge is 0.255 e. The van der Waals surface area contributed by atoms with Gasteiger partial charge >= 0.3 is 0 Å². The molecule has 0 aliphatic carbocycles. The minimum atomic E-state index is -0.0954. The Labute approximate surface area is 130 Å². The van der Waals surface area contributed by atoms with Gasteiger partial charge in [0.05, 0.1) is 6.61 Å². The van der Waals surface area contributed by atoms with E-state index >= 15 is 0 Å². The van der Waals surface area contributed by atoms with Crippen molar-refractivity contribution >= 4 is 17.3 Å². The second-order valence-electron chi connectivity index (χ2n) is 5.67. The molecule has 1 aliphatic heterocycles. The van der Waals surface area contributed by atoms with Crippen LogP contribution in [0.5, 0.6) is 5.75 Å². The minimum absolute atomic E-state index is 0.0954. The summed E-state index contributed by atoms with van der Waals surface area (Å²) in [4.78, 5) is 14.3. The molecule has 2 aromatic rings. The van der Waals surface area contributed by atoms with Crippen molar-refractivity contribution in [2.45, 2.75) is 12.8 Å². The number of hydrogen-bond acceptors (Lipinski definition) is 3. The van der Waals surface area contributed by atoms with Crippen molar-refractivity contribution in [1.29, 1.82) is 0 Å². The number of amides is 1. The van der Waals surface area contributed by atoms with Crippen molar-refractivity contribution in [3.8, 4) is 5.75 Å². The third kappa shape index (κ3) is 3.06. The number of carbonyl (C=O) groups is 1. The topological polar surface area (TPSA) is 41.6 Å². The third-order valence-electron chi connectivity index (χ3n) is 3.81. The highest BCUT2D eigenvalue weighted by molar-refractivity contribution is 6.04. The van der Waals surface area contributed by atoms with Crippen LogP contribution < -0.4 is 15.0 Å². The predicted octanol–water partition coefficient (Wildman–Crippen LogP) is 3.33. The highest BCUT2D eigenvalue weighted by Crippen LogP contribution is 2.27. The van der Waals surface area contributed by atoms with E-state index in [0.29, 0.717) is 5.56 Å². The van der Waals surface area contributed by atoms with Crippen LogP contribution in [0.2, 0.25) is 0 Å². The van der Waals surface area contributed by atoms with Crippen LogP contribution in [0.1, 0.15) is 22.3 Å². The number of hydrogen-bond donors (Lipinski definition) is 1. The molecule has 4 heteroatoms. The molecule has 22 heavy (non-hydrogen) atoms. The summed E-state index contributed by atoms with van der Waals surface area (Å²) in [7, 11) is 3.95. The van der Waals surface area contributed by atoms with Gasteiger partial charge in [0.25, 0.3) is 5.91 Å². The monoisotopic (exact) mass is 296 g/mol. The Balaban J connectivity index is 1.73. The SMILES string of the molecule is CN(C)c1ccc(C(=O)Nc2ccc3c(c2)CCCO3)cc1. The van der Waals surface area contributed by atoms with E-state index in [1.54, 1.807) is 0 Å². The molecular formula is C18H20N2O2. The predicted molar refractivity (Wildman–Crippen MR) is 89.0 cm³/mol. The second-order valence-corrected chi connectivity index (χ2v) is 5.67. The van der Waals surface area contributed by atoms with Crippen LogP contribution in [-0.2, 0) is 6.42 Å². The molecule has 2 aromatic carbocycles. The normalized spacial score (nSPS) is 13.0. The molecule has 0 unspecified atom stereocenters. The molecule has 1 aliphatic rings. The van der Waals surface area contributed by atoms with Gasteiger partial charge in [-0.3, -0.25) is 4.79 Å². The van der Waals surface area contributed by atoms with Gasteiger partial charge in [-0.05, 0) is 60.9 Å². The Morgan fingerprint density at radius 3 is 2.64 bits per heavy atom. The molecule has 0 bridgehead atoms. The van der Waals surface area contributed by atoms with Gasteiger partial charge in [-0.15, -0.1) is 0 Å². The van der Waals surface area contributed by atoms with Gasteiger partial charge in [-0.25, -0.2) is 0 Å². The van der Waals surface area contributed by atoms with Crippen molar-refractivity contribution in [2.24, 2.45) is 0 Å². The Kier molecular flexibility index (Phi) is 4.00. The zero-order valence-corrected chi connectivity index (χ0v) is 12.9. The molecule has 0 aromatic heterocycles. The summed E-state index contributed by atoms with van der Waals surface area (Å²) in [5.41, 5.74) is 3.69. The molecule has 0 radical (unpaired) electrons. The standard InChI is InChI=1S/C18H20N2O2/c1-20(2)16-8-5-13(6-9-16)18(21)19-15-7-10-17-14(12-15)4-3-11-22-17/h5-10,12H,3-4,11H2,1-2H3,(H,19,21). The van der Waals surface area contributed by atoms with Gasteiger partial charge in [0, 0.05) is 31.0 Å². The first-order chi connectivity index (χ1) is 10.6. The lowest BCUT2D eigenvalue weighted by Crippen LogP contribution is -2.14. The van der Waals surface area contributed by atoms with E-state index in [1.165, 1.54) is 0 Å². The summed E-state index contributed by atoms with van der Waals surface area (Å²) >= 11 is 0. The van der Waals surface area contributed by atoms with Crippen molar-refractivity contribution in [3.05, 3.63) is 53.6 Å². The second kappa shape index (κ2) is 6.10. The quantitative estimate of drug-likeness (QED) is 0.944. The van der Waals surface area contributed by atoms with E-state index in [4.69, 9.17) is 4.74 Å². The summed E-state index contributed by atoms with van der Waals surface area (Å²) in [6.45, 7) is 0.775. The lowest BCUT2D eigenvalue weighted by molar-refractivity contribution is 0.102. The van der Waals surface area contributed by atoms with Crippen molar-refractivity contribution < 1.29 is 9.53 Å². The Morgan fingerprint density at radius 2 is 1.91 bits per heavy atom. The van der Waals surface area contributed by atoms with Gasteiger partial charge in [0.1, 0.15) is 5.75 Å². The van der Waals surface area contributed by atoms with Crippen LogP contribution in [0.4, 0.5) is 11.4 Å². The maximum Gasteiger partial charge on any atom is 0.255 e. The summed E-state index contributed by atoms with van der Waals surface area (Å²) in [5.74, 6) is 0.835. The number of benzene rings is 2. The summed E-state index contributed by atoms with van der Waals surface area (Å²) in [6, 6.07) is 13.4. The van der Waals surface area contributed by atoms with Crippen LogP contribution in [-0.4, -0.2) is 26.6 Å². The highest BCUT2D eigenvalue weighted by atomic mass is 16.5. The first-order valence-corrected chi connectivity index (χ1v) is 7.48. The Bertz CT molecular complexity index is 678. The third-order valence-corrected chi connectivity index (χ3v) is 3.81. The van der Waals surface area contributed by atoms with Crippen molar-refractivity contribution in [2.75, 3.05) is 30.9 Å². The molecule has 1 heterocycles. The summed E-state index contributed by atoms with van der Waals surface area (Å²) < 4.78 is 5.59. The maximum absolute atomic E-state index is 12.3. The molecule has 0 saturated heterocycles. The summed E-state index contributed by atoms with van der Waals surface area (Å²) in [6.07, 6.45) is 2.02. The highest BCUT2D eigenvalue weighted by Gasteiger charge is 2.12.